The molecular formula is C14H13O5P. The van der Waals surface area contributed by atoms with Crippen LogP contribution in [0.1, 0.15) is 20.7 Å². The molecule has 0 atom stereocenters. The third-order valence-corrected chi connectivity index (χ3v) is 2.28. The molecule has 0 aliphatic heterocycles. The van der Waals surface area contributed by atoms with Gasteiger partial charge in [-0.25, -0.2) is 0 Å². The van der Waals surface area contributed by atoms with E-state index >= 15 is 0 Å². The molecule has 2 aromatic carbocycles. The van der Waals surface area contributed by atoms with Gasteiger partial charge in [0.15, 0.2) is 0 Å². The molecule has 2 rings (SSSR count). The van der Waals surface area contributed by atoms with Crippen LogP contribution >= 0.6 is 8.60 Å². The Hall–Kier alpha value is -1.91. The van der Waals surface area contributed by atoms with E-state index in [2.05, 4.69) is 0 Å². The molecule has 0 fully saturated rings. The van der Waals surface area contributed by atoms with Crippen molar-refractivity contribution in [3.63, 3.8) is 0 Å². The number of carbonyl (C=O) groups excluding carboxylic acids is 2. The van der Waals surface area contributed by atoms with E-state index < -0.39 is 20.2 Å². The van der Waals surface area contributed by atoms with Gasteiger partial charge >= 0.3 is 8.60 Å². The van der Waals surface area contributed by atoms with Crippen LogP contribution in [0.2, 0.25) is 0 Å². The Morgan fingerprint density at radius 2 is 0.900 bits per heavy atom. The first-order valence-corrected chi connectivity index (χ1v) is 6.78. The maximum Gasteiger partial charge on any atom is 0.324 e. The fourth-order valence-electron chi connectivity index (χ4n) is 1.44. The van der Waals surface area contributed by atoms with Crippen molar-refractivity contribution in [3.05, 3.63) is 71.8 Å². The fraction of sp³-hybridized carbons (Fsp3) is 0. The monoisotopic (exact) mass is 292 g/mol. The van der Waals surface area contributed by atoms with Crippen LogP contribution in [0, 0.1) is 0 Å². The van der Waals surface area contributed by atoms with E-state index in [4.69, 9.17) is 14.7 Å². The van der Waals surface area contributed by atoms with Crippen molar-refractivity contribution in [1.82, 2.24) is 0 Å². The molecule has 0 aromatic heterocycles. The Kier molecular flexibility index (Phi) is 6.70. The summed E-state index contributed by atoms with van der Waals surface area (Å²) in [7, 11) is -2.62. The lowest BCUT2D eigenvalue weighted by Gasteiger charge is -1.99. The molecule has 20 heavy (non-hydrogen) atoms. The fourth-order valence-corrected chi connectivity index (χ4v) is 1.44. The summed E-state index contributed by atoms with van der Waals surface area (Å²) >= 11 is 0. The number of hydrogen-bond acceptors (Lipinski definition) is 5. The molecule has 0 bridgehead atoms. The zero-order valence-corrected chi connectivity index (χ0v) is 11.3. The molecule has 0 radical (unpaired) electrons. The van der Waals surface area contributed by atoms with E-state index in [1.807, 2.05) is 12.1 Å². The Balaban J connectivity index is 0.000000444. The molecule has 0 amide bonds. The zero-order chi connectivity index (χ0) is 15.0. The second kappa shape index (κ2) is 8.30. The van der Waals surface area contributed by atoms with E-state index in [-0.39, 0.29) is 0 Å². The predicted octanol–water partition coefficient (Wildman–Crippen LogP) is 1.94. The first-order chi connectivity index (χ1) is 9.52. The van der Waals surface area contributed by atoms with Crippen LogP contribution in [0.4, 0.5) is 0 Å². The van der Waals surface area contributed by atoms with Crippen LogP contribution in [-0.2, 0) is 0 Å². The lowest BCUT2D eigenvalue weighted by atomic mass is 10.0. The predicted molar refractivity (Wildman–Crippen MR) is 75.1 cm³/mol. The third-order valence-electron chi connectivity index (χ3n) is 2.28. The number of carbonyl (C=O) groups is 2. The number of ketones is 2. The molecule has 0 unspecified atom stereocenters. The summed E-state index contributed by atoms with van der Waals surface area (Å²) in [5.74, 6) is -0.932. The summed E-state index contributed by atoms with van der Waals surface area (Å²) < 4.78 is 0. The average Bonchev–Trinajstić information content (AvgIpc) is 2.47. The SMILES string of the molecule is O=C(C(=O)c1ccccc1)c1ccccc1.OP(O)O. The Morgan fingerprint density at radius 1 is 0.650 bits per heavy atom. The Morgan fingerprint density at radius 3 is 1.15 bits per heavy atom. The minimum absolute atomic E-state index is 0.427. The molecular weight excluding hydrogens is 279 g/mol. The first kappa shape index (κ1) is 16.1. The van der Waals surface area contributed by atoms with E-state index in [0.29, 0.717) is 11.1 Å². The van der Waals surface area contributed by atoms with Gasteiger partial charge in [-0.05, 0) is 0 Å². The molecule has 0 saturated carbocycles. The van der Waals surface area contributed by atoms with Gasteiger partial charge in [-0.1, -0.05) is 60.7 Å². The average molecular weight is 292 g/mol. The summed E-state index contributed by atoms with van der Waals surface area (Å²) in [6, 6.07) is 17.2. The highest BCUT2D eigenvalue weighted by atomic mass is 31.2. The molecule has 2 aromatic rings. The number of Topliss-reactive ketones (excluding diaryl/α,β-unsaturated/α-hetero) is 2. The smallest absolute Gasteiger partial charge is 0.324 e. The van der Waals surface area contributed by atoms with Gasteiger partial charge in [0.25, 0.3) is 0 Å². The van der Waals surface area contributed by atoms with Gasteiger partial charge < -0.3 is 14.7 Å². The molecule has 0 saturated heterocycles. The molecule has 0 aliphatic carbocycles. The van der Waals surface area contributed by atoms with E-state index in [1.165, 1.54) is 0 Å². The molecule has 0 spiro atoms. The zero-order valence-electron chi connectivity index (χ0n) is 10.4. The summed E-state index contributed by atoms with van der Waals surface area (Å²) in [5.41, 5.74) is 0.854. The van der Waals surface area contributed by atoms with Gasteiger partial charge in [-0.3, -0.25) is 9.59 Å². The third kappa shape index (κ3) is 5.38. The van der Waals surface area contributed by atoms with Gasteiger partial charge in [0.2, 0.25) is 11.6 Å². The molecule has 3 N–H and O–H groups in total. The topological polar surface area (TPSA) is 94.8 Å². The summed E-state index contributed by atoms with van der Waals surface area (Å²) in [6.07, 6.45) is 0. The largest absolute Gasteiger partial charge is 0.328 e. The molecule has 0 heterocycles. The van der Waals surface area contributed by atoms with Gasteiger partial charge in [0.05, 0.1) is 0 Å². The van der Waals surface area contributed by atoms with Crippen molar-refractivity contribution >= 4 is 20.2 Å². The van der Waals surface area contributed by atoms with Crippen LogP contribution in [0.15, 0.2) is 60.7 Å². The van der Waals surface area contributed by atoms with E-state index in [0.717, 1.165) is 0 Å². The number of benzene rings is 2. The minimum atomic E-state index is -2.62. The van der Waals surface area contributed by atoms with Crippen molar-refractivity contribution in [1.29, 1.82) is 0 Å². The van der Waals surface area contributed by atoms with Crippen molar-refractivity contribution < 1.29 is 24.3 Å². The van der Waals surface area contributed by atoms with Gasteiger partial charge in [-0.2, -0.15) is 0 Å². The van der Waals surface area contributed by atoms with Crippen molar-refractivity contribution in [2.24, 2.45) is 0 Å². The van der Waals surface area contributed by atoms with E-state index in [1.54, 1.807) is 48.5 Å². The highest BCUT2D eigenvalue weighted by molar-refractivity contribution is 7.38. The minimum Gasteiger partial charge on any atom is -0.328 e. The molecule has 6 heteroatoms. The molecule has 5 nitrogen and oxygen atoms in total. The van der Waals surface area contributed by atoms with Crippen molar-refractivity contribution in [2.45, 2.75) is 0 Å². The molecule has 104 valence electrons. The molecule has 0 aliphatic rings. The lowest BCUT2D eigenvalue weighted by Crippen LogP contribution is -2.14. The van der Waals surface area contributed by atoms with Crippen LogP contribution in [0.5, 0.6) is 0 Å². The summed E-state index contributed by atoms with van der Waals surface area (Å²) in [6.45, 7) is 0. The highest BCUT2D eigenvalue weighted by Crippen LogP contribution is 2.11. The maximum absolute atomic E-state index is 11.8. The van der Waals surface area contributed by atoms with Crippen LogP contribution in [0.25, 0.3) is 0 Å². The number of rotatable bonds is 3. The quantitative estimate of drug-likeness (QED) is 0.456. The van der Waals surface area contributed by atoms with Crippen LogP contribution in [0.3, 0.4) is 0 Å². The highest BCUT2D eigenvalue weighted by Gasteiger charge is 2.16. The second-order valence-electron chi connectivity index (χ2n) is 3.66. The standard InChI is InChI=1S/C14H10O2.H3O3P/c15-13(11-7-3-1-4-8-11)14(16)12-9-5-2-6-10-12;1-4(2)3/h1-10H;1-3H. The van der Waals surface area contributed by atoms with Crippen molar-refractivity contribution in [3.8, 4) is 0 Å². The van der Waals surface area contributed by atoms with Gasteiger partial charge in [0, 0.05) is 11.1 Å². The van der Waals surface area contributed by atoms with Crippen LogP contribution < -0.4 is 0 Å². The van der Waals surface area contributed by atoms with Crippen molar-refractivity contribution in [2.75, 3.05) is 0 Å². The maximum atomic E-state index is 11.8. The van der Waals surface area contributed by atoms with Gasteiger partial charge in [-0.15, -0.1) is 0 Å². The van der Waals surface area contributed by atoms with E-state index in [9.17, 15) is 9.59 Å². The first-order valence-electron chi connectivity index (χ1n) is 5.58. The number of hydrogen-bond donors (Lipinski definition) is 3. The Labute approximate surface area is 117 Å². The Bertz CT molecular complexity index is 502. The van der Waals surface area contributed by atoms with Gasteiger partial charge in [0.1, 0.15) is 0 Å². The lowest BCUT2D eigenvalue weighted by molar-refractivity contribution is 0.0817. The normalized spacial score (nSPS) is 9.60. The second-order valence-corrected chi connectivity index (χ2v) is 4.20. The summed E-state index contributed by atoms with van der Waals surface area (Å²) in [4.78, 5) is 45.3. The summed E-state index contributed by atoms with van der Waals surface area (Å²) in [5, 5.41) is 0. The van der Waals surface area contributed by atoms with Crippen LogP contribution in [-0.4, -0.2) is 26.2 Å².